The van der Waals surface area contributed by atoms with Crippen molar-refractivity contribution in [3.05, 3.63) is 0 Å². The van der Waals surface area contributed by atoms with Crippen molar-refractivity contribution in [3.63, 3.8) is 0 Å². The van der Waals surface area contributed by atoms with Crippen LogP contribution in [-0.2, 0) is 21.7 Å². The molecule has 7 heteroatoms. The summed E-state index contributed by atoms with van der Waals surface area (Å²) in [5.41, 5.74) is 0. The third-order valence-corrected chi connectivity index (χ3v) is 0. The van der Waals surface area contributed by atoms with E-state index in [4.69, 9.17) is 0 Å². The van der Waals surface area contributed by atoms with Gasteiger partial charge in [-0.15, -0.1) is 0 Å². The molecule has 0 unspecified atom stereocenters. The van der Waals surface area contributed by atoms with E-state index >= 15 is 0 Å². The monoisotopic (exact) mass is 614 g/mol. The summed E-state index contributed by atoms with van der Waals surface area (Å²) < 4.78 is 0. The fraction of sp³-hybridized carbons (Fsp3) is 0. The second-order valence-electron chi connectivity index (χ2n) is 0.429. The maximum atomic E-state index is 3.35. The Labute approximate surface area is 115 Å². The van der Waals surface area contributed by atoms with Crippen LogP contribution in [0.4, 0.5) is 0 Å². The van der Waals surface area contributed by atoms with Gasteiger partial charge < -0.3 is 0 Å². The Morgan fingerprint density at radius 1 is 0.857 bits per heavy atom. The molecule has 0 saturated heterocycles. The van der Waals surface area contributed by atoms with Gasteiger partial charge in [0, 0.05) is 21.7 Å². The Morgan fingerprint density at radius 2 is 0.857 bits per heavy atom. The van der Waals surface area contributed by atoms with Gasteiger partial charge in [0.2, 0.25) is 0 Å². The Hall–Kier alpha value is 4.82. The molecule has 0 fully saturated rings. The largest absolute Gasteiger partial charge is 0 e. The van der Waals surface area contributed by atoms with Crippen molar-refractivity contribution in [2.75, 3.05) is 0 Å². The molecule has 0 atom stereocenters. The van der Waals surface area contributed by atoms with Crippen LogP contribution >= 0.6 is 47.9 Å². The molecular weight excluding hydrogens is 615 g/mol. The minimum Gasteiger partial charge on any atom is 0 e. The molecule has 7 heavy (non-hydrogen) atoms. The van der Waals surface area contributed by atoms with Crippen molar-refractivity contribution in [1.29, 1.82) is 0 Å². The van der Waals surface area contributed by atoms with Crippen LogP contribution in [0.15, 0.2) is 0 Å². The molecule has 0 radical (unpaired) electrons. The summed E-state index contributed by atoms with van der Waals surface area (Å²) in [6.45, 7) is 0. The van der Waals surface area contributed by atoms with Gasteiger partial charge in [0.15, 0.2) is 0 Å². The average molecular weight is 617 g/mol. The first kappa shape index (κ1) is 17.8. The van der Waals surface area contributed by atoms with Crippen molar-refractivity contribution in [2.45, 2.75) is 0 Å². The SMILES string of the molecule is [Br][Pb]([Br])([Br])[Br].[CaH2].[Ti]. The van der Waals surface area contributed by atoms with Crippen molar-refractivity contribution in [2.24, 2.45) is 0 Å². The van der Waals surface area contributed by atoms with Crippen molar-refractivity contribution >= 4 is 97.2 Å². The van der Waals surface area contributed by atoms with Gasteiger partial charge in [-0.25, -0.2) is 0 Å². The number of rotatable bonds is 0. The molecule has 0 amide bonds. The molecule has 0 rings (SSSR count). The predicted molar refractivity (Wildman–Crippen MR) is 50.0 cm³/mol. The van der Waals surface area contributed by atoms with Crippen LogP contribution in [0.1, 0.15) is 0 Å². The predicted octanol–water partition coefficient (Wildman–Crippen LogP) is 2.08. The van der Waals surface area contributed by atoms with E-state index in [-0.39, 0.29) is 59.5 Å². The van der Waals surface area contributed by atoms with Gasteiger partial charge in [-0.3, -0.25) is 0 Å². The van der Waals surface area contributed by atoms with Gasteiger partial charge in [-0.05, 0) is 0 Å². The van der Waals surface area contributed by atoms with Crippen molar-refractivity contribution < 1.29 is 21.7 Å². The molecule has 0 aromatic rings. The molecule has 0 spiro atoms. The summed E-state index contributed by atoms with van der Waals surface area (Å²) in [6, 6.07) is 0. The quantitative estimate of drug-likeness (QED) is 0.366. The summed E-state index contributed by atoms with van der Waals surface area (Å²) in [5.74, 6) is 0. The van der Waals surface area contributed by atoms with Gasteiger partial charge in [-0.1, -0.05) is 0 Å². The maximum Gasteiger partial charge on any atom is 0 e. The van der Waals surface area contributed by atoms with Gasteiger partial charge >= 0.3 is 97.2 Å². The molecule has 0 aliphatic rings. The third-order valence-electron chi connectivity index (χ3n) is 0. The fourth-order valence-electron chi connectivity index (χ4n) is 0. The Balaban J connectivity index is -0.0000000800. The molecule has 0 aromatic heterocycles. The van der Waals surface area contributed by atoms with Crippen molar-refractivity contribution in [3.8, 4) is 0 Å². The minimum atomic E-state index is -2.03. The first-order valence-corrected chi connectivity index (χ1v) is 34.5. The number of halogens is 4. The van der Waals surface area contributed by atoms with E-state index in [0.29, 0.717) is 0 Å². The molecule has 40 valence electrons. The van der Waals surface area contributed by atoms with E-state index in [2.05, 4.69) is 47.9 Å². The topological polar surface area (TPSA) is 0 Å². The number of hydrogen-bond acceptors (Lipinski definition) is 0. The van der Waals surface area contributed by atoms with Gasteiger partial charge in [0.05, 0.1) is 0 Å². The molecule has 0 aromatic carbocycles. The maximum absolute atomic E-state index is 3.35. The van der Waals surface area contributed by atoms with Crippen molar-refractivity contribution in [1.82, 2.24) is 0 Å². The molecule has 0 aliphatic carbocycles. The van der Waals surface area contributed by atoms with Crippen LogP contribution in [0.5, 0.6) is 0 Å². The van der Waals surface area contributed by atoms with Crippen LogP contribution < -0.4 is 0 Å². The summed E-state index contributed by atoms with van der Waals surface area (Å²) >= 11 is 11.4. The number of hydrogen-bond donors (Lipinski definition) is 0. The van der Waals surface area contributed by atoms with Gasteiger partial charge in [-0.2, -0.15) is 0 Å². The molecular formula is H2Br4CaPbTi. The van der Waals surface area contributed by atoms with Gasteiger partial charge in [0.25, 0.3) is 0 Å². The first-order chi connectivity index (χ1) is 2.00. The van der Waals surface area contributed by atoms with E-state index in [1.807, 2.05) is 0 Å². The molecule has 0 bridgehead atoms. The summed E-state index contributed by atoms with van der Waals surface area (Å²) in [5, 5.41) is 0. The Kier molecular flexibility index (Phi) is 22.6. The molecule has 0 aliphatic heterocycles. The summed E-state index contributed by atoms with van der Waals surface area (Å²) in [7, 11) is 0. The molecule has 0 heterocycles. The van der Waals surface area contributed by atoms with Crippen LogP contribution in [0.25, 0.3) is 0 Å². The average Bonchev–Trinajstić information content (AvgIpc) is 0.722. The molecule has 0 N–H and O–H groups in total. The summed E-state index contributed by atoms with van der Waals surface area (Å²) in [6.07, 6.45) is 0. The van der Waals surface area contributed by atoms with E-state index in [1.165, 1.54) is 0 Å². The second-order valence-corrected chi connectivity index (χ2v) is 102. The normalized spacial score (nSPS) is 8.57. The van der Waals surface area contributed by atoms with E-state index < -0.39 is 11.5 Å². The van der Waals surface area contributed by atoms with E-state index in [0.717, 1.165) is 0 Å². The van der Waals surface area contributed by atoms with Crippen LogP contribution in [-0.4, -0.2) is 49.3 Å². The third kappa shape index (κ3) is 36.2. The summed E-state index contributed by atoms with van der Waals surface area (Å²) in [4.78, 5) is 0. The standard InChI is InChI=1S/4BrH.Ca.Pb.Ti.2H/h4*1H;;;;;/q;;;;;+4;;;/p-4. The van der Waals surface area contributed by atoms with Crippen LogP contribution in [0.3, 0.4) is 0 Å². The first-order valence-electron chi connectivity index (χ1n) is 0.756. The Morgan fingerprint density at radius 3 is 0.857 bits per heavy atom. The zero-order valence-electron chi connectivity index (χ0n) is 2.51. The smallest absolute Gasteiger partial charge is 0 e. The van der Waals surface area contributed by atoms with Gasteiger partial charge in [0.1, 0.15) is 0 Å². The molecule has 0 nitrogen and oxygen atoms in total. The van der Waals surface area contributed by atoms with E-state index in [1.54, 1.807) is 0 Å². The molecule has 0 saturated carbocycles. The minimum absolute atomic E-state index is 0. The zero-order valence-corrected chi connectivity index (χ0v) is 14.3. The zero-order chi connectivity index (χ0) is 4.50. The van der Waals surface area contributed by atoms with Crippen LogP contribution in [0.2, 0.25) is 0 Å². The Bertz CT molecular complexity index is 27.2. The van der Waals surface area contributed by atoms with Crippen LogP contribution in [0, 0.1) is 0 Å². The van der Waals surface area contributed by atoms with E-state index in [9.17, 15) is 0 Å². The fourth-order valence-corrected chi connectivity index (χ4v) is 0. The second kappa shape index (κ2) is 8.91.